The first-order chi connectivity index (χ1) is 13.2. The lowest BCUT2D eigenvalue weighted by molar-refractivity contribution is -0.139. The van der Waals surface area contributed by atoms with E-state index in [2.05, 4.69) is 5.32 Å². The molecule has 0 spiro atoms. The van der Waals surface area contributed by atoms with E-state index in [1.807, 2.05) is 19.9 Å². The summed E-state index contributed by atoms with van der Waals surface area (Å²) < 4.78 is 24.1. The molecule has 0 saturated carbocycles. The van der Waals surface area contributed by atoms with Crippen LogP contribution < -0.4 is 14.8 Å². The molecule has 6 nitrogen and oxygen atoms in total. The number of rotatable bonds is 9. The number of carboxylic acids is 1. The van der Waals surface area contributed by atoms with Gasteiger partial charge in [0, 0.05) is 17.5 Å². The van der Waals surface area contributed by atoms with E-state index in [0.717, 1.165) is 5.56 Å². The van der Waals surface area contributed by atoms with Gasteiger partial charge in [0.15, 0.2) is 18.1 Å². The number of aliphatic carboxylic acids is 1. The van der Waals surface area contributed by atoms with Gasteiger partial charge >= 0.3 is 5.97 Å². The highest BCUT2D eigenvalue weighted by molar-refractivity contribution is 5.95. The molecule has 0 saturated heterocycles. The van der Waals surface area contributed by atoms with Crippen LogP contribution in [0.2, 0.25) is 0 Å². The third kappa shape index (κ3) is 5.70. The lowest BCUT2D eigenvalue weighted by Gasteiger charge is -2.25. The number of nitrogens with one attached hydrogen (secondary N) is 1. The van der Waals surface area contributed by atoms with Crippen LogP contribution in [0.15, 0.2) is 42.5 Å². The quantitative estimate of drug-likeness (QED) is 0.687. The topological polar surface area (TPSA) is 84.9 Å². The SMILES string of the molecule is CCOc1cc(C(=O)NCC(C)(C)c2cccc(F)c2)ccc1OCC(=O)O. The first-order valence-corrected chi connectivity index (χ1v) is 8.88. The molecule has 0 aromatic heterocycles. The molecule has 0 atom stereocenters. The van der Waals surface area contributed by atoms with E-state index >= 15 is 0 Å². The van der Waals surface area contributed by atoms with Crippen LogP contribution in [-0.2, 0) is 10.2 Å². The van der Waals surface area contributed by atoms with E-state index in [9.17, 15) is 14.0 Å². The zero-order chi connectivity index (χ0) is 20.7. The number of hydrogen-bond donors (Lipinski definition) is 2. The molecular formula is C21H24FNO5. The number of carbonyl (C=O) groups excluding carboxylic acids is 1. The highest BCUT2D eigenvalue weighted by atomic mass is 19.1. The van der Waals surface area contributed by atoms with E-state index in [4.69, 9.17) is 14.6 Å². The molecule has 2 rings (SSSR count). The van der Waals surface area contributed by atoms with Crippen LogP contribution in [0.3, 0.4) is 0 Å². The maximum absolute atomic E-state index is 13.5. The van der Waals surface area contributed by atoms with E-state index in [1.165, 1.54) is 30.3 Å². The second-order valence-corrected chi connectivity index (χ2v) is 6.85. The van der Waals surface area contributed by atoms with Crippen LogP contribution in [-0.4, -0.2) is 36.7 Å². The van der Waals surface area contributed by atoms with Gasteiger partial charge < -0.3 is 19.9 Å². The van der Waals surface area contributed by atoms with Crippen LogP contribution in [0, 0.1) is 5.82 Å². The van der Waals surface area contributed by atoms with Gasteiger partial charge in [0.25, 0.3) is 5.91 Å². The van der Waals surface area contributed by atoms with Crippen molar-refractivity contribution in [1.82, 2.24) is 5.32 Å². The Labute approximate surface area is 163 Å². The molecule has 0 radical (unpaired) electrons. The maximum atomic E-state index is 13.5. The zero-order valence-corrected chi connectivity index (χ0v) is 16.1. The fourth-order valence-corrected chi connectivity index (χ4v) is 2.59. The Hall–Kier alpha value is -3.09. The summed E-state index contributed by atoms with van der Waals surface area (Å²) in [5.41, 5.74) is 0.659. The molecule has 0 unspecified atom stereocenters. The Morgan fingerprint density at radius 1 is 1.11 bits per heavy atom. The summed E-state index contributed by atoms with van der Waals surface area (Å²) >= 11 is 0. The van der Waals surface area contributed by atoms with E-state index in [1.54, 1.807) is 13.0 Å². The average Bonchev–Trinajstić information content (AvgIpc) is 2.65. The summed E-state index contributed by atoms with van der Waals surface area (Å²) in [7, 11) is 0. The Kier molecular flexibility index (Phi) is 6.98. The molecule has 2 N–H and O–H groups in total. The molecule has 28 heavy (non-hydrogen) atoms. The second kappa shape index (κ2) is 9.21. The first-order valence-electron chi connectivity index (χ1n) is 8.88. The fourth-order valence-electron chi connectivity index (χ4n) is 2.59. The van der Waals surface area contributed by atoms with Crippen molar-refractivity contribution in [3.63, 3.8) is 0 Å². The summed E-state index contributed by atoms with van der Waals surface area (Å²) in [6.45, 7) is 5.73. The molecule has 0 aliphatic rings. The van der Waals surface area contributed by atoms with Crippen molar-refractivity contribution < 1.29 is 28.6 Å². The lowest BCUT2D eigenvalue weighted by Crippen LogP contribution is -2.36. The summed E-state index contributed by atoms with van der Waals surface area (Å²) in [5.74, 6) is -1.21. The monoisotopic (exact) mass is 389 g/mol. The molecular weight excluding hydrogens is 365 g/mol. The van der Waals surface area contributed by atoms with E-state index in [0.29, 0.717) is 24.5 Å². The first kappa shape index (κ1) is 21.2. The van der Waals surface area contributed by atoms with Crippen LogP contribution in [0.4, 0.5) is 4.39 Å². The van der Waals surface area contributed by atoms with Crippen molar-refractivity contribution in [1.29, 1.82) is 0 Å². The van der Waals surface area contributed by atoms with Gasteiger partial charge in [-0.05, 0) is 42.8 Å². The third-order valence-corrected chi connectivity index (χ3v) is 4.15. The molecule has 0 bridgehead atoms. The highest BCUT2D eigenvalue weighted by Crippen LogP contribution is 2.29. The van der Waals surface area contributed by atoms with Crippen LogP contribution in [0.1, 0.15) is 36.7 Å². The normalized spacial score (nSPS) is 11.0. The lowest BCUT2D eigenvalue weighted by atomic mass is 9.84. The minimum absolute atomic E-state index is 0.251. The van der Waals surface area contributed by atoms with Gasteiger partial charge in [-0.3, -0.25) is 4.79 Å². The summed E-state index contributed by atoms with van der Waals surface area (Å²) in [6, 6.07) is 10.8. The zero-order valence-electron chi connectivity index (χ0n) is 16.1. The largest absolute Gasteiger partial charge is 0.490 e. The van der Waals surface area contributed by atoms with Gasteiger partial charge in [0.05, 0.1) is 6.61 Å². The number of amides is 1. The Morgan fingerprint density at radius 3 is 2.50 bits per heavy atom. The van der Waals surface area contributed by atoms with E-state index < -0.39 is 18.0 Å². The molecule has 0 fully saturated rings. The molecule has 0 heterocycles. The smallest absolute Gasteiger partial charge is 0.341 e. The minimum Gasteiger partial charge on any atom is -0.490 e. The van der Waals surface area contributed by atoms with Crippen molar-refractivity contribution in [3.8, 4) is 11.5 Å². The minimum atomic E-state index is -1.11. The van der Waals surface area contributed by atoms with Crippen molar-refractivity contribution in [2.24, 2.45) is 0 Å². The molecule has 1 amide bonds. The van der Waals surface area contributed by atoms with Crippen LogP contribution >= 0.6 is 0 Å². The fraction of sp³-hybridized carbons (Fsp3) is 0.333. The highest BCUT2D eigenvalue weighted by Gasteiger charge is 2.22. The third-order valence-electron chi connectivity index (χ3n) is 4.15. The Balaban J connectivity index is 2.10. The molecule has 0 aliphatic carbocycles. The number of ether oxygens (including phenoxy) is 2. The number of benzene rings is 2. The van der Waals surface area contributed by atoms with Crippen LogP contribution in [0.5, 0.6) is 11.5 Å². The van der Waals surface area contributed by atoms with Gasteiger partial charge in [-0.25, -0.2) is 9.18 Å². The maximum Gasteiger partial charge on any atom is 0.341 e. The van der Waals surface area contributed by atoms with E-state index in [-0.39, 0.29) is 17.5 Å². The van der Waals surface area contributed by atoms with Crippen molar-refractivity contribution in [2.75, 3.05) is 19.8 Å². The van der Waals surface area contributed by atoms with Gasteiger partial charge in [0.1, 0.15) is 5.82 Å². The molecule has 7 heteroatoms. The molecule has 2 aromatic carbocycles. The Morgan fingerprint density at radius 2 is 1.86 bits per heavy atom. The van der Waals surface area contributed by atoms with Gasteiger partial charge in [-0.1, -0.05) is 26.0 Å². The predicted molar refractivity (Wildman–Crippen MR) is 103 cm³/mol. The van der Waals surface area contributed by atoms with Crippen molar-refractivity contribution in [2.45, 2.75) is 26.2 Å². The van der Waals surface area contributed by atoms with Gasteiger partial charge in [-0.15, -0.1) is 0 Å². The second-order valence-electron chi connectivity index (χ2n) is 6.85. The van der Waals surface area contributed by atoms with Gasteiger partial charge in [-0.2, -0.15) is 0 Å². The molecule has 150 valence electrons. The van der Waals surface area contributed by atoms with Crippen molar-refractivity contribution >= 4 is 11.9 Å². The molecule has 2 aromatic rings. The number of carboxylic acid groups (broad SMARTS) is 1. The molecule has 0 aliphatic heterocycles. The number of hydrogen-bond acceptors (Lipinski definition) is 4. The standard InChI is InChI=1S/C21H24FNO5/c1-4-27-18-10-14(8-9-17(18)28-12-19(24)25)20(26)23-13-21(2,3)15-6-5-7-16(22)11-15/h5-11H,4,12-13H2,1-3H3,(H,23,26)(H,24,25). The van der Waals surface area contributed by atoms with Crippen molar-refractivity contribution in [3.05, 3.63) is 59.4 Å². The summed E-state index contributed by atoms with van der Waals surface area (Å²) in [6.07, 6.45) is 0. The average molecular weight is 389 g/mol. The van der Waals surface area contributed by atoms with Crippen LogP contribution in [0.25, 0.3) is 0 Å². The number of halogens is 1. The summed E-state index contributed by atoms with van der Waals surface area (Å²) in [4.78, 5) is 23.2. The summed E-state index contributed by atoms with van der Waals surface area (Å²) in [5, 5.41) is 11.6. The Bertz CT molecular complexity index is 850. The number of carbonyl (C=O) groups is 2. The predicted octanol–water partition coefficient (Wildman–Crippen LogP) is 3.40. The van der Waals surface area contributed by atoms with Gasteiger partial charge in [0.2, 0.25) is 0 Å².